The molecule has 0 heterocycles. The van der Waals surface area contributed by atoms with Crippen molar-refractivity contribution in [3.63, 3.8) is 0 Å². The molecular weight excluding hydrogens is 362 g/mol. The Morgan fingerprint density at radius 3 is 2.09 bits per heavy atom. The fourth-order valence-electron chi connectivity index (χ4n) is 0.783. The minimum Gasteiger partial charge on any atom is -0.0622 e. The van der Waals surface area contributed by atoms with Gasteiger partial charge in [0, 0.05) is 7.16 Å². The first kappa shape index (κ1) is 9.51. The van der Waals surface area contributed by atoms with Gasteiger partial charge in [0.05, 0.1) is 0 Å². The van der Waals surface area contributed by atoms with Gasteiger partial charge in [0.15, 0.2) is 0 Å². The summed E-state index contributed by atoms with van der Waals surface area (Å²) in [6, 6.07) is 10.4. The van der Waals surface area contributed by atoms with Gasteiger partial charge in [0.25, 0.3) is 0 Å². The van der Waals surface area contributed by atoms with E-state index in [0.717, 1.165) is 0 Å². The lowest BCUT2D eigenvalue weighted by Gasteiger charge is -1.99. The van der Waals surface area contributed by atoms with Crippen LogP contribution in [0.25, 0.3) is 3.58 Å². The van der Waals surface area contributed by atoms with Crippen LogP contribution in [0.1, 0.15) is 12.5 Å². The zero-order chi connectivity index (χ0) is 8.27. The third-order valence-electron chi connectivity index (χ3n) is 1.33. The molecule has 0 radical (unpaired) electrons. The number of rotatable bonds is 1. The largest absolute Gasteiger partial charge is 0.0622 e. The van der Waals surface area contributed by atoms with Crippen LogP contribution in [0.2, 0.25) is 0 Å². The predicted molar refractivity (Wildman–Crippen MR) is 67.1 cm³/mol. The Morgan fingerprint density at radius 1 is 1.09 bits per heavy atom. The Kier molecular flexibility index (Phi) is 3.84. The highest BCUT2D eigenvalue weighted by molar-refractivity contribution is 14.1. The highest BCUT2D eigenvalue weighted by atomic mass is 127. The highest BCUT2D eigenvalue weighted by Crippen LogP contribution is 2.28. The number of halogens is 2. The summed E-state index contributed by atoms with van der Waals surface area (Å²) >= 11 is 4.71. The Hall–Kier alpha value is 0.420. The lowest BCUT2D eigenvalue weighted by Crippen LogP contribution is -1.74. The van der Waals surface area contributed by atoms with E-state index < -0.39 is 0 Å². The molecule has 0 nitrogen and oxygen atoms in total. The van der Waals surface area contributed by atoms with Crippen LogP contribution >= 0.6 is 45.2 Å². The first-order chi connectivity index (χ1) is 5.22. The van der Waals surface area contributed by atoms with Gasteiger partial charge < -0.3 is 0 Å². The fourth-order valence-corrected chi connectivity index (χ4v) is 1.45. The zero-order valence-electron chi connectivity index (χ0n) is 6.14. The van der Waals surface area contributed by atoms with Crippen molar-refractivity contribution in [2.45, 2.75) is 6.92 Å². The van der Waals surface area contributed by atoms with Gasteiger partial charge in [-0.3, -0.25) is 0 Å². The zero-order valence-corrected chi connectivity index (χ0v) is 10.5. The standard InChI is InChI=1S/C9H8I2/c1-7(10)9(11)8-5-3-2-4-6-8/h2-6H,1H3/b9-7+. The SMILES string of the molecule is C/C(I)=C(\I)c1ccccc1. The predicted octanol–water partition coefficient (Wildman–Crippen LogP) is 4.25. The molecule has 0 aromatic heterocycles. The molecule has 2 heteroatoms. The quantitative estimate of drug-likeness (QED) is 0.649. The van der Waals surface area contributed by atoms with E-state index in [0.29, 0.717) is 0 Å². The van der Waals surface area contributed by atoms with E-state index in [1.54, 1.807) is 0 Å². The second-order valence-corrected chi connectivity index (χ2v) is 4.91. The molecule has 11 heavy (non-hydrogen) atoms. The maximum absolute atomic E-state index is 2.37. The van der Waals surface area contributed by atoms with Gasteiger partial charge in [-0.2, -0.15) is 0 Å². The Labute approximate surface area is 94.4 Å². The van der Waals surface area contributed by atoms with Crippen molar-refractivity contribution in [3.8, 4) is 0 Å². The normalized spacial score (nSPS) is 12.6. The van der Waals surface area contributed by atoms with E-state index in [1.165, 1.54) is 12.7 Å². The molecule has 0 bridgehead atoms. The summed E-state index contributed by atoms with van der Waals surface area (Å²) in [7, 11) is 0. The van der Waals surface area contributed by atoms with Crippen molar-refractivity contribution >= 4 is 48.8 Å². The van der Waals surface area contributed by atoms with Gasteiger partial charge in [-0.25, -0.2) is 0 Å². The molecular formula is C9H8I2. The van der Waals surface area contributed by atoms with Crippen LogP contribution in [0, 0.1) is 0 Å². The molecule has 0 spiro atoms. The first-order valence-electron chi connectivity index (χ1n) is 3.29. The fraction of sp³-hybridized carbons (Fsp3) is 0.111. The second kappa shape index (κ2) is 4.45. The summed E-state index contributed by atoms with van der Waals surface area (Å²) in [4.78, 5) is 0. The van der Waals surface area contributed by atoms with E-state index in [2.05, 4.69) is 76.4 Å². The molecule has 1 aromatic rings. The minimum absolute atomic E-state index is 1.31. The summed E-state index contributed by atoms with van der Waals surface area (Å²) in [5, 5.41) is 0. The van der Waals surface area contributed by atoms with Crippen molar-refractivity contribution < 1.29 is 0 Å². The van der Waals surface area contributed by atoms with Gasteiger partial charge >= 0.3 is 0 Å². The molecule has 1 aromatic carbocycles. The second-order valence-electron chi connectivity index (χ2n) is 2.21. The molecule has 0 saturated carbocycles. The first-order valence-corrected chi connectivity index (χ1v) is 5.45. The smallest absolute Gasteiger partial charge is 0.0292 e. The molecule has 0 unspecified atom stereocenters. The van der Waals surface area contributed by atoms with E-state index in [9.17, 15) is 0 Å². The van der Waals surface area contributed by atoms with Gasteiger partial charge in [-0.1, -0.05) is 30.3 Å². The average Bonchev–Trinajstić information content (AvgIpc) is 2.05. The topological polar surface area (TPSA) is 0 Å². The van der Waals surface area contributed by atoms with Crippen molar-refractivity contribution in [1.82, 2.24) is 0 Å². The van der Waals surface area contributed by atoms with Crippen LogP contribution in [-0.4, -0.2) is 0 Å². The highest BCUT2D eigenvalue weighted by Gasteiger charge is 1.97. The van der Waals surface area contributed by atoms with E-state index >= 15 is 0 Å². The number of allylic oxidation sites excluding steroid dienone is 1. The van der Waals surface area contributed by atoms with Gasteiger partial charge in [-0.05, 0) is 57.7 Å². The third kappa shape index (κ3) is 2.74. The number of benzene rings is 1. The average molecular weight is 370 g/mol. The van der Waals surface area contributed by atoms with Crippen LogP contribution in [-0.2, 0) is 0 Å². The molecule has 0 N–H and O–H groups in total. The van der Waals surface area contributed by atoms with Crippen LogP contribution < -0.4 is 0 Å². The summed E-state index contributed by atoms with van der Waals surface area (Å²) in [6.45, 7) is 2.12. The molecule has 0 aliphatic heterocycles. The molecule has 1 rings (SSSR count). The summed E-state index contributed by atoms with van der Waals surface area (Å²) in [5.74, 6) is 0. The van der Waals surface area contributed by atoms with Crippen molar-refractivity contribution in [2.75, 3.05) is 0 Å². The molecule has 0 atom stereocenters. The van der Waals surface area contributed by atoms with Gasteiger partial charge in [0.2, 0.25) is 0 Å². The molecule has 0 amide bonds. The Bertz CT molecular complexity index is 258. The van der Waals surface area contributed by atoms with Crippen molar-refractivity contribution in [1.29, 1.82) is 0 Å². The number of hydrogen-bond acceptors (Lipinski definition) is 0. The Morgan fingerprint density at radius 2 is 1.64 bits per heavy atom. The lowest BCUT2D eigenvalue weighted by atomic mass is 10.2. The maximum Gasteiger partial charge on any atom is 0.0292 e. The minimum atomic E-state index is 1.31. The van der Waals surface area contributed by atoms with Gasteiger partial charge in [-0.15, -0.1) is 0 Å². The van der Waals surface area contributed by atoms with Crippen molar-refractivity contribution in [3.05, 3.63) is 39.5 Å². The van der Waals surface area contributed by atoms with E-state index in [-0.39, 0.29) is 0 Å². The van der Waals surface area contributed by atoms with Crippen LogP contribution in [0.4, 0.5) is 0 Å². The lowest BCUT2D eigenvalue weighted by molar-refractivity contribution is 1.64. The summed E-state index contributed by atoms with van der Waals surface area (Å²) < 4.78 is 2.68. The third-order valence-corrected chi connectivity index (χ3v) is 4.33. The Balaban J connectivity index is 3.04. The maximum atomic E-state index is 2.37. The molecule has 0 aliphatic rings. The van der Waals surface area contributed by atoms with E-state index in [4.69, 9.17) is 0 Å². The van der Waals surface area contributed by atoms with E-state index in [1.807, 2.05) is 6.07 Å². The van der Waals surface area contributed by atoms with Crippen LogP contribution in [0.3, 0.4) is 0 Å². The molecule has 0 fully saturated rings. The summed E-state index contributed by atoms with van der Waals surface area (Å²) in [5.41, 5.74) is 1.31. The van der Waals surface area contributed by atoms with Crippen LogP contribution in [0.5, 0.6) is 0 Å². The summed E-state index contributed by atoms with van der Waals surface area (Å²) in [6.07, 6.45) is 0. The monoisotopic (exact) mass is 370 g/mol. The van der Waals surface area contributed by atoms with Gasteiger partial charge in [0.1, 0.15) is 0 Å². The van der Waals surface area contributed by atoms with Crippen molar-refractivity contribution in [2.24, 2.45) is 0 Å². The molecule has 0 saturated heterocycles. The van der Waals surface area contributed by atoms with Crippen LogP contribution in [0.15, 0.2) is 33.9 Å². The molecule has 0 aliphatic carbocycles. The number of hydrogen-bond donors (Lipinski definition) is 0. The molecule has 58 valence electrons.